The van der Waals surface area contributed by atoms with Gasteiger partial charge in [0, 0.05) is 18.8 Å². The van der Waals surface area contributed by atoms with Crippen molar-refractivity contribution in [2.75, 3.05) is 20.3 Å². The maximum atomic E-state index is 11.7. The second-order valence-corrected chi connectivity index (χ2v) is 3.55. The Morgan fingerprint density at radius 1 is 1.61 bits per heavy atom. The standard InChI is InChI=1S/C11H16N2O5/c1-12-11(17)13(3-2-4-14)10-8(6-15)5-9(7-16)18-10/h2-5,9-10,15-16H,6-7H2,1H3,(H,12,17)/b3-2-/t9-,10+/m0/s1. The number of hydrogen-bond donors (Lipinski definition) is 3. The van der Waals surface area contributed by atoms with Crippen LogP contribution < -0.4 is 5.32 Å². The predicted octanol–water partition coefficient (Wildman–Crippen LogP) is -1.02. The highest BCUT2D eigenvalue weighted by Gasteiger charge is 2.32. The molecule has 2 amide bonds. The van der Waals surface area contributed by atoms with Crippen LogP contribution in [-0.4, -0.2) is 60.0 Å². The van der Waals surface area contributed by atoms with E-state index in [4.69, 9.17) is 9.84 Å². The largest absolute Gasteiger partial charge is 0.393 e. The lowest BCUT2D eigenvalue weighted by atomic mass is 10.2. The van der Waals surface area contributed by atoms with Crippen LogP contribution in [0, 0.1) is 0 Å². The third kappa shape index (κ3) is 3.16. The molecule has 0 bridgehead atoms. The first-order valence-electron chi connectivity index (χ1n) is 5.37. The number of ether oxygens (including phenoxy) is 1. The van der Waals surface area contributed by atoms with Gasteiger partial charge in [-0.15, -0.1) is 0 Å². The molecule has 2 atom stereocenters. The molecule has 100 valence electrons. The van der Waals surface area contributed by atoms with Crippen LogP contribution in [0.4, 0.5) is 4.79 Å². The molecule has 0 saturated heterocycles. The van der Waals surface area contributed by atoms with Crippen molar-refractivity contribution in [3.8, 4) is 0 Å². The molecule has 1 rings (SSSR count). The van der Waals surface area contributed by atoms with Gasteiger partial charge in [0.25, 0.3) is 0 Å². The summed E-state index contributed by atoms with van der Waals surface area (Å²) < 4.78 is 5.39. The maximum absolute atomic E-state index is 11.7. The number of nitrogens with zero attached hydrogens (tertiary/aromatic N) is 1. The number of amides is 2. The van der Waals surface area contributed by atoms with Gasteiger partial charge < -0.3 is 20.3 Å². The van der Waals surface area contributed by atoms with Crippen LogP contribution in [0.2, 0.25) is 0 Å². The number of carbonyl (C=O) groups excluding carboxylic acids is 2. The van der Waals surface area contributed by atoms with Crippen LogP contribution in [0.15, 0.2) is 23.9 Å². The Hall–Kier alpha value is -1.70. The molecular formula is C11H16N2O5. The molecule has 3 N–H and O–H groups in total. The Kier molecular flexibility index (Phi) is 5.50. The summed E-state index contributed by atoms with van der Waals surface area (Å²) in [6.07, 6.45) is 3.06. The Balaban J connectivity index is 2.92. The SMILES string of the molecule is CNC(=O)N(/C=C\C=O)[C@@H]1O[C@H](CO)C=C1CO. The number of carbonyl (C=O) groups is 2. The highest BCUT2D eigenvalue weighted by molar-refractivity contribution is 5.77. The van der Waals surface area contributed by atoms with Crippen molar-refractivity contribution in [3.05, 3.63) is 23.9 Å². The quantitative estimate of drug-likeness (QED) is 0.332. The van der Waals surface area contributed by atoms with Gasteiger partial charge in [0.15, 0.2) is 6.23 Å². The fourth-order valence-corrected chi connectivity index (χ4v) is 1.59. The summed E-state index contributed by atoms with van der Waals surface area (Å²) in [6.45, 7) is -0.553. The van der Waals surface area contributed by atoms with E-state index in [1.807, 2.05) is 0 Å². The lowest BCUT2D eigenvalue weighted by molar-refractivity contribution is -0.104. The minimum absolute atomic E-state index is 0.251. The normalized spacial score (nSPS) is 22.9. The van der Waals surface area contributed by atoms with Gasteiger partial charge in [0.2, 0.25) is 0 Å². The number of aliphatic hydroxyl groups excluding tert-OH is 2. The van der Waals surface area contributed by atoms with Gasteiger partial charge in [-0.2, -0.15) is 0 Å². The Labute approximate surface area is 104 Å². The monoisotopic (exact) mass is 256 g/mol. The lowest BCUT2D eigenvalue weighted by Crippen LogP contribution is -2.43. The van der Waals surface area contributed by atoms with Gasteiger partial charge >= 0.3 is 6.03 Å². The summed E-state index contributed by atoms with van der Waals surface area (Å²) in [5.41, 5.74) is 0.452. The van der Waals surface area contributed by atoms with Crippen molar-refractivity contribution < 1.29 is 24.5 Å². The molecule has 0 saturated carbocycles. The molecule has 0 aromatic rings. The van der Waals surface area contributed by atoms with E-state index in [1.54, 1.807) is 6.08 Å². The molecular weight excluding hydrogens is 240 g/mol. The first-order valence-corrected chi connectivity index (χ1v) is 5.37. The average molecular weight is 256 g/mol. The summed E-state index contributed by atoms with van der Waals surface area (Å²) in [6, 6.07) is -0.490. The van der Waals surface area contributed by atoms with Crippen molar-refractivity contribution in [2.45, 2.75) is 12.3 Å². The van der Waals surface area contributed by atoms with Gasteiger partial charge in [-0.05, 0) is 12.2 Å². The fourth-order valence-electron chi connectivity index (χ4n) is 1.59. The zero-order valence-corrected chi connectivity index (χ0v) is 9.94. The highest BCUT2D eigenvalue weighted by Crippen LogP contribution is 2.23. The fraction of sp³-hybridized carbons (Fsp3) is 0.455. The zero-order chi connectivity index (χ0) is 13.5. The van der Waals surface area contributed by atoms with E-state index in [0.29, 0.717) is 11.9 Å². The van der Waals surface area contributed by atoms with Gasteiger partial charge in [0.1, 0.15) is 12.4 Å². The third-order valence-corrected chi connectivity index (χ3v) is 2.41. The number of nitrogens with one attached hydrogen (secondary N) is 1. The number of hydrogen-bond acceptors (Lipinski definition) is 5. The Morgan fingerprint density at radius 2 is 2.33 bits per heavy atom. The Morgan fingerprint density at radius 3 is 2.83 bits per heavy atom. The van der Waals surface area contributed by atoms with Crippen molar-refractivity contribution in [1.29, 1.82) is 0 Å². The minimum atomic E-state index is -0.830. The summed E-state index contributed by atoms with van der Waals surface area (Å²) in [4.78, 5) is 23.1. The molecule has 0 aromatic carbocycles. The first kappa shape index (κ1) is 14.4. The minimum Gasteiger partial charge on any atom is -0.393 e. The van der Waals surface area contributed by atoms with E-state index in [9.17, 15) is 14.7 Å². The van der Waals surface area contributed by atoms with E-state index in [-0.39, 0.29) is 13.2 Å². The number of aldehydes is 1. The van der Waals surface area contributed by atoms with E-state index < -0.39 is 18.4 Å². The van der Waals surface area contributed by atoms with Gasteiger partial charge in [-0.3, -0.25) is 9.69 Å². The molecule has 1 heterocycles. The molecule has 7 nitrogen and oxygen atoms in total. The van der Waals surface area contributed by atoms with Crippen LogP contribution in [-0.2, 0) is 9.53 Å². The summed E-state index contributed by atoms with van der Waals surface area (Å²) in [7, 11) is 1.44. The molecule has 7 heteroatoms. The van der Waals surface area contributed by atoms with Crippen molar-refractivity contribution in [2.24, 2.45) is 0 Å². The van der Waals surface area contributed by atoms with E-state index >= 15 is 0 Å². The molecule has 0 fully saturated rings. The van der Waals surface area contributed by atoms with Crippen molar-refractivity contribution in [1.82, 2.24) is 10.2 Å². The van der Waals surface area contributed by atoms with Crippen LogP contribution in [0.3, 0.4) is 0 Å². The van der Waals surface area contributed by atoms with E-state index in [1.165, 1.54) is 13.2 Å². The second-order valence-electron chi connectivity index (χ2n) is 3.55. The third-order valence-electron chi connectivity index (χ3n) is 2.41. The molecule has 1 aliphatic heterocycles. The van der Waals surface area contributed by atoms with Crippen molar-refractivity contribution in [3.63, 3.8) is 0 Å². The van der Waals surface area contributed by atoms with Crippen molar-refractivity contribution >= 4 is 12.3 Å². The highest BCUT2D eigenvalue weighted by atomic mass is 16.5. The summed E-state index contributed by atoms with van der Waals surface area (Å²) in [5, 5.41) is 20.6. The van der Waals surface area contributed by atoms with Gasteiger partial charge in [-0.25, -0.2) is 4.79 Å². The van der Waals surface area contributed by atoms with E-state index in [2.05, 4.69) is 5.32 Å². The molecule has 1 aliphatic rings. The molecule has 0 radical (unpaired) electrons. The number of allylic oxidation sites excluding steroid dienone is 1. The van der Waals surface area contributed by atoms with Crippen LogP contribution in [0.5, 0.6) is 0 Å². The molecule has 0 spiro atoms. The molecule has 0 unspecified atom stereocenters. The lowest BCUT2D eigenvalue weighted by Gasteiger charge is -2.26. The number of aliphatic hydroxyl groups is 2. The zero-order valence-electron chi connectivity index (χ0n) is 9.94. The summed E-state index contributed by atoms with van der Waals surface area (Å²) >= 11 is 0. The molecule has 0 aliphatic carbocycles. The Bertz CT molecular complexity index is 366. The van der Waals surface area contributed by atoms with Gasteiger partial charge in [0.05, 0.1) is 13.2 Å². The maximum Gasteiger partial charge on any atom is 0.323 e. The topological polar surface area (TPSA) is 99.1 Å². The van der Waals surface area contributed by atoms with Crippen LogP contribution >= 0.6 is 0 Å². The second kappa shape index (κ2) is 6.90. The predicted molar refractivity (Wildman–Crippen MR) is 62.4 cm³/mol. The van der Waals surface area contributed by atoms with Gasteiger partial charge in [-0.1, -0.05) is 0 Å². The summed E-state index contributed by atoms with van der Waals surface area (Å²) in [5.74, 6) is 0. The molecule has 0 aromatic heterocycles. The number of urea groups is 1. The van der Waals surface area contributed by atoms with E-state index in [0.717, 1.165) is 11.0 Å². The average Bonchev–Trinajstić information content (AvgIpc) is 2.82. The molecule has 18 heavy (non-hydrogen) atoms. The number of rotatable bonds is 5. The van der Waals surface area contributed by atoms with Crippen LogP contribution in [0.25, 0.3) is 0 Å². The first-order chi connectivity index (χ1) is 8.67. The smallest absolute Gasteiger partial charge is 0.323 e. The van der Waals surface area contributed by atoms with Crippen LogP contribution in [0.1, 0.15) is 0 Å².